The van der Waals surface area contributed by atoms with Gasteiger partial charge in [-0.25, -0.2) is 9.18 Å². The maximum atomic E-state index is 14.1. The highest BCUT2D eigenvalue weighted by Gasteiger charge is 2.17. The molecular weight excluding hydrogens is 430 g/mol. The molecule has 24 heavy (non-hydrogen) atoms. The van der Waals surface area contributed by atoms with Gasteiger partial charge in [0.1, 0.15) is 17.0 Å². The number of aromatic amines is 2. The van der Waals surface area contributed by atoms with Crippen LogP contribution in [0.15, 0.2) is 32.6 Å². The number of fused-ring (bicyclic) bond motifs is 1. The van der Waals surface area contributed by atoms with Crippen molar-refractivity contribution in [3.8, 4) is 0 Å². The van der Waals surface area contributed by atoms with E-state index in [1.165, 1.54) is 30.7 Å². The molecule has 1 aromatic carbocycles. The fraction of sp³-hybridized carbons (Fsp3) is 0.133. The lowest BCUT2D eigenvalue weighted by Gasteiger charge is -2.15. The maximum absolute atomic E-state index is 14.1. The Bertz CT molecular complexity index is 1150. The number of nitrogens with zero attached hydrogens (tertiary/aromatic N) is 1. The Kier molecular flexibility index (Phi) is 4.03. The van der Waals surface area contributed by atoms with Crippen LogP contribution < -0.4 is 22.1 Å². The second kappa shape index (κ2) is 5.89. The van der Waals surface area contributed by atoms with E-state index < -0.39 is 22.6 Å². The average molecular weight is 442 g/mol. The molecule has 3 rings (SSSR count). The molecule has 0 aliphatic rings. The molecule has 0 aliphatic carbocycles. The molecule has 124 valence electrons. The van der Waals surface area contributed by atoms with Crippen LogP contribution in [-0.2, 0) is 7.05 Å². The minimum Gasteiger partial charge on any atom is -0.338 e. The van der Waals surface area contributed by atoms with Crippen LogP contribution >= 0.6 is 22.6 Å². The summed E-state index contributed by atoms with van der Waals surface area (Å²) in [5.74, 6) is -0.429. The van der Waals surface area contributed by atoms with Gasteiger partial charge < -0.3 is 10.3 Å². The molecule has 0 unspecified atom stereocenters. The van der Waals surface area contributed by atoms with Crippen molar-refractivity contribution in [2.75, 3.05) is 5.32 Å². The third-order valence-corrected chi connectivity index (χ3v) is 4.37. The lowest BCUT2D eigenvalue weighted by atomic mass is 10.2. The highest BCUT2D eigenvalue weighted by atomic mass is 127. The number of benzene rings is 1. The van der Waals surface area contributed by atoms with E-state index in [0.29, 0.717) is 3.57 Å². The zero-order valence-corrected chi connectivity index (χ0v) is 14.8. The summed E-state index contributed by atoms with van der Waals surface area (Å²) in [4.78, 5) is 40.7. The minimum absolute atomic E-state index is 0.0761. The Morgan fingerprint density at radius 3 is 2.58 bits per heavy atom. The van der Waals surface area contributed by atoms with Gasteiger partial charge in [-0.05, 0) is 47.7 Å². The smallest absolute Gasteiger partial charge is 0.326 e. The zero-order valence-electron chi connectivity index (χ0n) is 12.7. The SMILES string of the molecule is Cc1c(=O)n(C)c(Nc2ccc(I)cc2F)c2c(=O)[nH]c(=O)[nH]c12. The van der Waals surface area contributed by atoms with E-state index in [0.717, 1.165) is 0 Å². The van der Waals surface area contributed by atoms with E-state index in [1.54, 1.807) is 6.07 Å². The van der Waals surface area contributed by atoms with E-state index in [4.69, 9.17) is 0 Å². The van der Waals surface area contributed by atoms with Crippen molar-refractivity contribution in [2.24, 2.45) is 7.05 Å². The largest absolute Gasteiger partial charge is 0.338 e. The van der Waals surface area contributed by atoms with Crippen LogP contribution in [-0.4, -0.2) is 14.5 Å². The van der Waals surface area contributed by atoms with Crippen molar-refractivity contribution in [3.05, 3.63) is 64.3 Å². The Labute approximate surface area is 147 Å². The maximum Gasteiger partial charge on any atom is 0.326 e. The van der Waals surface area contributed by atoms with E-state index in [-0.39, 0.29) is 28.0 Å². The molecule has 7 nitrogen and oxygen atoms in total. The Balaban J connectivity index is 2.37. The summed E-state index contributed by atoms with van der Waals surface area (Å²) >= 11 is 1.97. The number of rotatable bonds is 2. The molecule has 0 atom stereocenters. The molecule has 9 heteroatoms. The van der Waals surface area contributed by atoms with Crippen LogP contribution in [0, 0.1) is 16.3 Å². The number of hydrogen-bond acceptors (Lipinski definition) is 4. The third-order valence-electron chi connectivity index (χ3n) is 3.70. The molecule has 0 saturated heterocycles. The monoisotopic (exact) mass is 442 g/mol. The van der Waals surface area contributed by atoms with Gasteiger partial charge in [0.25, 0.3) is 11.1 Å². The second-order valence-corrected chi connectivity index (χ2v) is 6.49. The average Bonchev–Trinajstić information content (AvgIpc) is 2.51. The number of hydrogen-bond donors (Lipinski definition) is 3. The van der Waals surface area contributed by atoms with Crippen molar-refractivity contribution in [1.29, 1.82) is 0 Å². The third kappa shape index (κ3) is 2.64. The molecule has 2 heterocycles. The quantitative estimate of drug-likeness (QED) is 0.527. The van der Waals surface area contributed by atoms with Crippen molar-refractivity contribution in [1.82, 2.24) is 14.5 Å². The number of H-pyrrole nitrogens is 2. The van der Waals surface area contributed by atoms with Gasteiger partial charge in [-0.15, -0.1) is 0 Å². The van der Waals surface area contributed by atoms with Crippen LogP contribution in [0.3, 0.4) is 0 Å². The number of anilines is 2. The fourth-order valence-corrected chi connectivity index (χ4v) is 2.94. The first-order valence-electron chi connectivity index (χ1n) is 6.87. The van der Waals surface area contributed by atoms with Crippen LogP contribution in [0.5, 0.6) is 0 Å². The molecule has 0 saturated carbocycles. The highest BCUT2D eigenvalue weighted by molar-refractivity contribution is 14.1. The summed E-state index contributed by atoms with van der Waals surface area (Å²) in [6.45, 7) is 1.51. The van der Waals surface area contributed by atoms with Gasteiger partial charge in [-0.3, -0.25) is 19.1 Å². The van der Waals surface area contributed by atoms with E-state index in [1.807, 2.05) is 22.6 Å². The molecular formula is C15H12FIN4O3. The van der Waals surface area contributed by atoms with Crippen molar-refractivity contribution < 1.29 is 4.39 Å². The number of halogens is 2. The van der Waals surface area contributed by atoms with Gasteiger partial charge >= 0.3 is 5.69 Å². The van der Waals surface area contributed by atoms with Crippen LogP contribution in [0.4, 0.5) is 15.9 Å². The number of aryl methyl sites for hydroxylation is 1. The molecule has 0 spiro atoms. The summed E-state index contributed by atoms with van der Waals surface area (Å²) in [6.07, 6.45) is 0. The lowest BCUT2D eigenvalue weighted by molar-refractivity contribution is 0.630. The van der Waals surface area contributed by atoms with Gasteiger partial charge in [0.2, 0.25) is 0 Å². The Morgan fingerprint density at radius 1 is 1.21 bits per heavy atom. The minimum atomic E-state index is -0.713. The molecule has 3 N–H and O–H groups in total. The molecule has 0 amide bonds. The summed E-state index contributed by atoms with van der Waals surface area (Å²) in [7, 11) is 1.46. The normalized spacial score (nSPS) is 11.0. The zero-order chi connectivity index (χ0) is 17.6. The topological polar surface area (TPSA) is 99.8 Å². The Hall–Kier alpha value is -2.43. The van der Waals surface area contributed by atoms with Gasteiger partial charge in [0, 0.05) is 16.2 Å². The standard InChI is InChI=1S/C15H12FIN4O3/c1-6-11-10(13(22)20-15(24)19-11)12(21(2)14(6)23)18-9-4-3-7(17)5-8(9)16/h3-5,18H,1-2H3,(H2,19,20,22,24). The molecule has 0 bridgehead atoms. The highest BCUT2D eigenvalue weighted by Crippen LogP contribution is 2.25. The van der Waals surface area contributed by atoms with Crippen molar-refractivity contribution >= 4 is 45.0 Å². The predicted molar refractivity (Wildman–Crippen MR) is 97.6 cm³/mol. The number of aromatic nitrogens is 3. The van der Waals surface area contributed by atoms with Gasteiger partial charge in [-0.1, -0.05) is 0 Å². The molecule has 0 fully saturated rings. The lowest BCUT2D eigenvalue weighted by Crippen LogP contribution is -2.29. The van der Waals surface area contributed by atoms with Crippen LogP contribution in [0.25, 0.3) is 10.9 Å². The summed E-state index contributed by atoms with van der Waals surface area (Å²) in [6, 6.07) is 4.52. The first-order chi connectivity index (χ1) is 11.3. The van der Waals surface area contributed by atoms with Crippen molar-refractivity contribution in [2.45, 2.75) is 6.92 Å². The fourth-order valence-electron chi connectivity index (χ4n) is 2.49. The predicted octanol–water partition coefficient (Wildman–Crippen LogP) is 1.71. The van der Waals surface area contributed by atoms with Gasteiger partial charge in [-0.2, -0.15) is 0 Å². The van der Waals surface area contributed by atoms with Crippen LogP contribution in [0.2, 0.25) is 0 Å². The van der Waals surface area contributed by atoms with Crippen LogP contribution in [0.1, 0.15) is 5.56 Å². The van der Waals surface area contributed by atoms with Crippen molar-refractivity contribution in [3.63, 3.8) is 0 Å². The molecule has 0 radical (unpaired) electrons. The first-order valence-corrected chi connectivity index (χ1v) is 7.95. The summed E-state index contributed by atoms with van der Waals surface area (Å²) < 4.78 is 16.0. The Morgan fingerprint density at radius 2 is 1.92 bits per heavy atom. The molecule has 0 aliphatic heterocycles. The van der Waals surface area contributed by atoms with E-state index >= 15 is 0 Å². The van der Waals surface area contributed by atoms with Gasteiger partial charge in [0.15, 0.2) is 0 Å². The number of pyridine rings is 1. The van der Waals surface area contributed by atoms with E-state index in [2.05, 4.69) is 15.3 Å². The second-order valence-electron chi connectivity index (χ2n) is 5.25. The summed E-state index contributed by atoms with van der Waals surface area (Å²) in [5, 5.41) is 2.86. The molecule has 2 aromatic heterocycles. The number of nitrogens with one attached hydrogen (secondary N) is 3. The summed E-state index contributed by atoms with van der Waals surface area (Å²) in [5.41, 5.74) is -1.32. The molecule has 3 aromatic rings. The van der Waals surface area contributed by atoms with Gasteiger partial charge in [0.05, 0.1) is 11.2 Å². The van der Waals surface area contributed by atoms with E-state index in [9.17, 15) is 18.8 Å². The first kappa shape index (κ1) is 16.4.